The van der Waals surface area contributed by atoms with E-state index in [-0.39, 0.29) is 0 Å². The summed E-state index contributed by atoms with van der Waals surface area (Å²) < 4.78 is 31.0. The first-order valence-electron chi connectivity index (χ1n) is 4.16. The Hall–Kier alpha value is 0.131. The summed E-state index contributed by atoms with van der Waals surface area (Å²) in [5.74, 6) is 0. The maximum Gasteiger partial charge on any atom is 0.578 e. The Labute approximate surface area is 89.8 Å². The monoisotopic (exact) mass is 252 g/mol. The summed E-state index contributed by atoms with van der Waals surface area (Å²) in [7, 11) is 0.593. The lowest BCUT2D eigenvalue weighted by Crippen LogP contribution is -2.43. The van der Waals surface area contributed by atoms with E-state index in [4.69, 9.17) is 17.4 Å². The molecule has 0 saturated carbocycles. The summed E-state index contributed by atoms with van der Waals surface area (Å²) in [5.41, 5.74) is 0. The van der Waals surface area contributed by atoms with Crippen LogP contribution in [-0.2, 0) is 21.9 Å². The number of hydrogen-bond donors (Lipinski definition) is 0. The van der Waals surface area contributed by atoms with Gasteiger partial charge in [0.05, 0.1) is 0 Å². The smallest absolute Gasteiger partial charge is 0.574 e. The van der Waals surface area contributed by atoms with E-state index in [9.17, 15) is 4.46 Å². The van der Waals surface area contributed by atoms with Crippen LogP contribution in [-0.4, -0.2) is 48.8 Å². The zero-order chi connectivity index (χ0) is 11.0. The zero-order valence-electron chi connectivity index (χ0n) is 8.96. The Bertz CT molecular complexity index is 155. The first-order chi connectivity index (χ1) is 6.64. The minimum Gasteiger partial charge on any atom is -0.574 e. The summed E-state index contributed by atoms with van der Waals surface area (Å²) in [6.45, 7) is 1.95. The highest BCUT2D eigenvalue weighted by atomic mass is 28.4. The maximum atomic E-state index is 10.2. The molecule has 0 N–H and O–H groups in total. The molecule has 0 spiro atoms. The van der Waals surface area contributed by atoms with E-state index in [0.717, 1.165) is 6.04 Å². The molecule has 0 bridgehead atoms. The minimum atomic E-state index is -2.46. The van der Waals surface area contributed by atoms with Gasteiger partial charge in [0.25, 0.3) is 9.04 Å². The topological polar surface area (TPSA) is 54.0 Å². The molecule has 5 nitrogen and oxygen atoms in total. The Morgan fingerprint density at radius 3 is 2.07 bits per heavy atom. The van der Waals surface area contributed by atoms with Gasteiger partial charge in [0.1, 0.15) is 0 Å². The molecule has 0 aliphatic carbocycles. The average Bonchev–Trinajstić information content (AvgIpc) is 2.21. The van der Waals surface area contributed by atoms with Gasteiger partial charge >= 0.3 is 18.5 Å². The zero-order valence-corrected chi connectivity index (χ0v) is 12.0. The van der Waals surface area contributed by atoms with Crippen molar-refractivity contribution in [1.82, 2.24) is 0 Å². The first kappa shape index (κ1) is 14.1. The summed E-state index contributed by atoms with van der Waals surface area (Å²) in [5, 5.41) is 0. The Morgan fingerprint density at radius 2 is 1.71 bits per heavy atom. The third-order valence-corrected chi connectivity index (χ3v) is 7.84. The van der Waals surface area contributed by atoms with Gasteiger partial charge < -0.3 is 21.9 Å². The van der Waals surface area contributed by atoms with E-state index in [1.165, 1.54) is 0 Å². The number of hydrogen-bond acceptors (Lipinski definition) is 5. The minimum absolute atomic E-state index is 0.678. The molecule has 14 heavy (non-hydrogen) atoms. The average molecular weight is 252 g/mol. The normalized spacial score (nSPS) is 11.8. The molecule has 0 aromatic carbocycles. The lowest BCUT2D eigenvalue weighted by atomic mass is 10.9. The fraction of sp³-hybridized carbons (Fsp3) is 1.00. The van der Waals surface area contributed by atoms with E-state index in [1.54, 1.807) is 21.3 Å². The molecule has 0 aromatic heterocycles. The molecule has 82 valence electrons. The third-order valence-electron chi connectivity index (χ3n) is 1.93. The highest BCUT2D eigenvalue weighted by Crippen LogP contribution is 2.16. The van der Waals surface area contributed by atoms with Crippen LogP contribution < -0.4 is 0 Å². The summed E-state index contributed by atoms with van der Waals surface area (Å²) in [6, 6.07) is 1.51. The molecule has 0 saturated heterocycles. The van der Waals surface area contributed by atoms with Crippen LogP contribution in [0.15, 0.2) is 0 Å². The molecule has 0 aromatic rings. The highest BCUT2D eigenvalue weighted by Gasteiger charge is 2.38. The van der Waals surface area contributed by atoms with Gasteiger partial charge in [0.2, 0.25) is 0 Å². The molecule has 0 heterocycles. The lowest BCUT2D eigenvalue weighted by molar-refractivity contribution is 0.125. The van der Waals surface area contributed by atoms with Gasteiger partial charge in [-0.1, -0.05) is 0 Å². The van der Waals surface area contributed by atoms with E-state index in [2.05, 4.69) is 0 Å². The van der Waals surface area contributed by atoms with Gasteiger partial charge in [-0.3, -0.25) is 0 Å². The van der Waals surface area contributed by atoms with Crippen molar-refractivity contribution in [2.75, 3.05) is 21.3 Å². The van der Waals surface area contributed by atoms with Crippen LogP contribution in [0.5, 0.6) is 0 Å². The predicted molar refractivity (Wildman–Crippen MR) is 55.5 cm³/mol. The molecule has 0 aliphatic heterocycles. The van der Waals surface area contributed by atoms with Crippen LogP contribution in [0.4, 0.5) is 0 Å². The van der Waals surface area contributed by atoms with Gasteiger partial charge in [0.15, 0.2) is 0 Å². The molecular weight excluding hydrogens is 236 g/mol. The summed E-state index contributed by atoms with van der Waals surface area (Å²) >= 11 is 0. The van der Waals surface area contributed by atoms with Crippen LogP contribution in [0.1, 0.15) is 0 Å². The largest absolute Gasteiger partial charge is 0.578 e. The quantitative estimate of drug-likeness (QED) is 0.588. The van der Waals surface area contributed by atoms with Crippen LogP contribution >= 0.6 is 0 Å². The standard InChI is InChI=1S/C6H16O5Si3/c1-8-14(9-2,10-3)6-5-13(4)11-12-7/h5-6H2,1-4H3. The van der Waals surface area contributed by atoms with Crippen LogP contribution in [0.25, 0.3) is 0 Å². The molecule has 0 aliphatic rings. The fourth-order valence-corrected chi connectivity index (χ4v) is 5.73. The maximum absolute atomic E-state index is 10.2. The molecule has 0 unspecified atom stereocenters. The van der Waals surface area contributed by atoms with Crippen molar-refractivity contribution in [1.29, 1.82) is 0 Å². The van der Waals surface area contributed by atoms with Gasteiger partial charge in [-0.25, -0.2) is 0 Å². The van der Waals surface area contributed by atoms with E-state index in [1.807, 2.05) is 6.55 Å². The van der Waals surface area contributed by atoms with Crippen LogP contribution in [0.2, 0.25) is 18.6 Å². The third kappa shape index (κ3) is 4.57. The number of rotatable bonds is 8. The van der Waals surface area contributed by atoms with Crippen molar-refractivity contribution in [2.24, 2.45) is 0 Å². The van der Waals surface area contributed by atoms with E-state index >= 15 is 0 Å². The molecular formula is C6H16O5Si3. The van der Waals surface area contributed by atoms with Crippen LogP contribution in [0, 0.1) is 0 Å². The second-order valence-corrected chi connectivity index (χ2v) is 8.66. The van der Waals surface area contributed by atoms with Crippen LogP contribution in [0.3, 0.4) is 0 Å². The highest BCUT2D eigenvalue weighted by molar-refractivity contribution is 6.64. The van der Waals surface area contributed by atoms with E-state index in [0.29, 0.717) is 6.04 Å². The Balaban J connectivity index is 3.98. The predicted octanol–water partition coefficient (Wildman–Crippen LogP) is 0.467. The van der Waals surface area contributed by atoms with Gasteiger partial charge in [-0.15, -0.1) is 0 Å². The molecule has 0 fully saturated rings. The van der Waals surface area contributed by atoms with Crippen molar-refractivity contribution >= 4 is 27.5 Å². The summed E-state index contributed by atoms with van der Waals surface area (Å²) in [4.78, 5) is 0. The van der Waals surface area contributed by atoms with Gasteiger partial charge in [-0.2, -0.15) is 0 Å². The van der Waals surface area contributed by atoms with E-state index < -0.39 is 27.5 Å². The molecule has 0 atom stereocenters. The van der Waals surface area contributed by atoms with Crippen molar-refractivity contribution in [3.63, 3.8) is 0 Å². The van der Waals surface area contributed by atoms with Gasteiger partial charge in [-0.05, 0) is 12.6 Å². The van der Waals surface area contributed by atoms with Gasteiger partial charge in [0, 0.05) is 27.4 Å². The Kier molecular flexibility index (Phi) is 7.50. The summed E-state index contributed by atoms with van der Waals surface area (Å²) in [6.07, 6.45) is 0. The lowest BCUT2D eigenvalue weighted by Gasteiger charge is -2.24. The van der Waals surface area contributed by atoms with Crippen molar-refractivity contribution < 1.29 is 21.9 Å². The van der Waals surface area contributed by atoms with Crippen molar-refractivity contribution in [2.45, 2.75) is 18.6 Å². The first-order valence-corrected chi connectivity index (χ1v) is 9.02. The second kappa shape index (κ2) is 7.43. The molecule has 0 rings (SSSR count). The fourth-order valence-electron chi connectivity index (χ4n) is 1.01. The molecule has 2 radical (unpaired) electrons. The molecule has 8 heteroatoms. The van der Waals surface area contributed by atoms with Crippen molar-refractivity contribution in [3.8, 4) is 0 Å². The molecule has 0 amide bonds. The Morgan fingerprint density at radius 1 is 1.21 bits per heavy atom. The van der Waals surface area contributed by atoms with Crippen molar-refractivity contribution in [3.05, 3.63) is 0 Å². The second-order valence-electron chi connectivity index (χ2n) is 2.68. The SMILES string of the molecule is CO[Si](CC[Si](C)O[Si]=O)(OC)OC.